The third-order valence-corrected chi connectivity index (χ3v) is 8.60. The number of hydrogen-bond acceptors (Lipinski definition) is 9. The Kier molecular flexibility index (Phi) is 6.73. The second-order valence-corrected chi connectivity index (χ2v) is 11.3. The summed E-state index contributed by atoms with van der Waals surface area (Å²) in [6.45, 7) is 2.66. The summed E-state index contributed by atoms with van der Waals surface area (Å²) in [7, 11) is 0. The number of anilines is 3. The highest BCUT2D eigenvalue weighted by Crippen LogP contribution is 2.36. The molecule has 3 aromatic rings. The molecule has 3 saturated heterocycles. The summed E-state index contributed by atoms with van der Waals surface area (Å²) >= 11 is 1.41. The van der Waals surface area contributed by atoms with Crippen LogP contribution in [0, 0.1) is 0 Å². The van der Waals surface area contributed by atoms with Crippen molar-refractivity contribution in [2.45, 2.75) is 69.7 Å². The number of carbonyl (C=O) groups excluding carboxylic acids is 1. The number of aliphatic hydroxyl groups is 1. The van der Waals surface area contributed by atoms with Crippen molar-refractivity contribution in [1.82, 2.24) is 24.8 Å². The standard InChI is InChI=1S/C26H33N7O2S/c34-16-20-14-28-26(36-20)31-23-13-22-21(7-4-8-27-22)25(30-23)29-17-11-18-5-3-6-19(12-17)33(18)24(35)15-32-9-1-2-10-32/h4,7-8,13-14,17-19,34H,1-3,5-6,9-12,15-16H2,(H2,28,29,30,31). The lowest BCUT2D eigenvalue weighted by Crippen LogP contribution is -2.58. The van der Waals surface area contributed by atoms with Crippen LogP contribution in [0.2, 0.25) is 0 Å². The van der Waals surface area contributed by atoms with Gasteiger partial charge in [-0.3, -0.25) is 14.7 Å². The summed E-state index contributed by atoms with van der Waals surface area (Å²) in [5.74, 6) is 1.79. The van der Waals surface area contributed by atoms with Gasteiger partial charge in [-0.05, 0) is 70.2 Å². The third kappa shape index (κ3) is 4.89. The number of aliphatic hydroxyl groups excluding tert-OH is 1. The molecule has 0 aromatic carbocycles. The van der Waals surface area contributed by atoms with Crippen molar-refractivity contribution in [3.05, 3.63) is 35.5 Å². The Morgan fingerprint density at radius 1 is 1.14 bits per heavy atom. The SMILES string of the molecule is O=C(CN1CCCC1)N1C2CCCC1CC(Nc1nc(Nc3ncc(CO)s3)cc3ncccc13)C2. The maximum Gasteiger partial charge on any atom is 0.237 e. The van der Waals surface area contributed by atoms with Crippen LogP contribution in [0.3, 0.4) is 0 Å². The van der Waals surface area contributed by atoms with E-state index in [4.69, 9.17) is 4.98 Å². The van der Waals surface area contributed by atoms with Crippen LogP contribution in [0.1, 0.15) is 49.8 Å². The van der Waals surface area contributed by atoms with E-state index < -0.39 is 0 Å². The molecule has 190 valence electrons. The quantitative estimate of drug-likeness (QED) is 0.444. The summed E-state index contributed by atoms with van der Waals surface area (Å²) in [5, 5.41) is 18.0. The second-order valence-electron chi connectivity index (χ2n) is 10.2. The molecule has 0 saturated carbocycles. The van der Waals surface area contributed by atoms with Crippen molar-refractivity contribution in [2.75, 3.05) is 30.3 Å². The number of carbonyl (C=O) groups is 1. The zero-order chi connectivity index (χ0) is 24.5. The number of likely N-dealkylation sites (tertiary alicyclic amines) is 1. The van der Waals surface area contributed by atoms with Crippen molar-refractivity contribution >= 4 is 44.9 Å². The average Bonchev–Trinajstić information content (AvgIpc) is 3.55. The van der Waals surface area contributed by atoms with Crippen LogP contribution in [0.4, 0.5) is 16.8 Å². The minimum Gasteiger partial charge on any atom is -0.391 e. The normalized spacial score (nSPS) is 24.2. The van der Waals surface area contributed by atoms with Gasteiger partial charge >= 0.3 is 0 Å². The van der Waals surface area contributed by atoms with E-state index in [0.717, 1.165) is 60.4 Å². The summed E-state index contributed by atoms with van der Waals surface area (Å²) in [6, 6.07) is 6.75. The van der Waals surface area contributed by atoms with Crippen molar-refractivity contribution in [2.24, 2.45) is 0 Å². The number of fused-ring (bicyclic) bond motifs is 3. The molecule has 0 spiro atoms. The summed E-state index contributed by atoms with van der Waals surface area (Å²) in [5.41, 5.74) is 0.856. The van der Waals surface area contributed by atoms with Gasteiger partial charge in [0.1, 0.15) is 11.6 Å². The lowest BCUT2D eigenvalue weighted by molar-refractivity contribution is -0.141. The predicted octanol–water partition coefficient (Wildman–Crippen LogP) is 3.74. The van der Waals surface area contributed by atoms with Crippen LogP contribution < -0.4 is 10.6 Å². The molecular formula is C26H33N7O2S. The molecule has 0 radical (unpaired) electrons. The number of piperidine rings is 2. The number of thiazole rings is 1. The Hall–Kier alpha value is -2.82. The van der Waals surface area contributed by atoms with Crippen LogP contribution in [0.15, 0.2) is 30.6 Å². The molecule has 3 aromatic heterocycles. The van der Waals surface area contributed by atoms with E-state index in [9.17, 15) is 9.90 Å². The van der Waals surface area contributed by atoms with E-state index in [1.807, 2.05) is 18.2 Å². The number of nitrogens with zero attached hydrogens (tertiary/aromatic N) is 5. The summed E-state index contributed by atoms with van der Waals surface area (Å²) in [6.07, 6.45) is 11.1. The number of pyridine rings is 2. The largest absolute Gasteiger partial charge is 0.391 e. The Morgan fingerprint density at radius 2 is 1.94 bits per heavy atom. The highest BCUT2D eigenvalue weighted by molar-refractivity contribution is 7.15. The molecular weight excluding hydrogens is 474 g/mol. The molecule has 9 nitrogen and oxygen atoms in total. The highest BCUT2D eigenvalue weighted by atomic mass is 32.1. The Bertz CT molecular complexity index is 1210. The molecule has 0 aliphatic carbocycles. The van der Waals surface area contributed by atoms with Crippen LogP contribution in [0.5, 0.6) is 0 Å². The third-order valence-electron chi connectivity index (χ3n) is 7.70. The number of hydrogen-bond donors (Lipinski definition) is 3. The van der Waals surface area contributed by atoms with Gasteiger partial charge in [0.05, 0.1) is 23.5 Å². The molecule has 6 heterocycles. The lowest BCUT2D eigenvalue weighted by Gasteiger charge is -2.49. The Morgan fingerprint density at radius 3 is 2.69 bits per heavy atom. The van der Waals surface area contributed by atoms with E-state index in [0.29, 0.717) is 35.5 Å². The number of nitrogens with one attached hydrogen (secondary N) is 2. The number of amides is 1. The monoisotopic (exact) mass is 507 g/mol. The van der Waals surface area contributed by atoms with Crippen molar-refractivity contribution in [3.63, 3.8) is 0 Å². The molecule has 3 N–H and O–H groups in total. The Labute approximate surface area is 215 Å². The van der Waals surface area contributed by atoms with Gasteiger partial charge in [-0.2, -0.15) is 0 Å². The van der Waals surface area contributed by atoms with E-state index in [2.05, 4.69) is 30.4 Å². The molecule has 3 aliphatic heterocycles. The molecule has 3 fully saturated rings. The van der Waals surface area contributed by atoms with Gasteiger partial charge < -0.3 is 20.6 Å². The maximum atomic E-state index is 13.3. The van der Waals surface area contributed by atoms with E-state index in [-0.39, 0.29) is 12.6 Å². The second kappa shape index (κ2) is 10.3. The predicted molar refractivity (Wildman–Crippen MR) is 141 cm³/mol. The van der Waals surface area contributed by atoms with E-state index in [1.54, 1.807) is 12.4 Å². The molecule has 1 amide bonds. The molecule has 36 heavy (non-hydrogen) atoms. The van der Waals surface area contributed by atoms with Gasteiger partial charge in [-0.1, -0.05) is 11.3 Å². The van der Waals surface area contributed by atoms with Crippen molar-refractivity contribution in [3.8, 4) is 0 Å². The zero-order valence-electron chi connectivity index (χ0n) is 20.4. The number of aromatic nitrogens is 3. The van der Waals surface area contributed by atoms with E-state index in [1.165, 1.54) is 30.6 Å². The van der Waals surface area contributed by atoms with Crippen molar-refractivity contribution in [1.29, 1.82) is 0 Å². The van der Waals surface area contributed by atoms with Crippen LogP contribution in [-0.4, -0.2) is 73.5 Å². The minimum absolute atomic E-state index is 0.0274. The van der Waals surface area contributed by atoms with Crippen LogP contribution in [0.25, 0.3) is 10.9 Å². The van der Waals surface area contributed by atoms with Crippen molar-refractivity contribution < 1.29 is 9.90 Å². The lowest BCUT2D eigenvalue weighted by atomic mass is 9.81. The zero-order valence-corrected chi connectivity index (χ0v) is 21.2. The molecule has 2 bridgehead atoms. The first-order valence-electron chi connectivity index (χ1n) is 13.0. The van der Waals surface area contributed by atoms with Crippen LogP contribution in [-0.2, 0) is 11.4 Å². The molecule has 2 atom stereocenters. The molecule has 3 aliphatic rings. The average molecular weight is 508 g/mol. The van der Waals surface area contributed by atoms with Gasteiger partial charge in [0, 0.05) is 42.0 Å². The smallest absolute Gasteiger partial charge is 0.237 e. The fourth-order valence-corrected chi connectivity index (χ4v) is 6.79. The van der Waals surface area contributed by atoms with Gasteiger partial charge in [0.2, 0.25) is 5.91 Å². The molecule has 10 heteroatoms. The first-order valence-corrected chi connectivity index (χ1v) is 13.9. The Balaban J connectivity index is 1.20. The topological polar surface area (TPSA) is 107 Å². The summed E-state index contributed by atoms with van der Waals surface area (Å²) < 4.78 is 0. The fraction of sp³-hybridized carbons (Fsp3) is 0.538. The molecule has 6 rings (SSSR count). The summed E-state index contributed by atoms with van der Waals surface area (Å²) in [4.78, 5) is 32.4. The van der Waals surface area contributed by atoms with Gasteiger partial charge in [-0.15, -0.1) is 0 Å². The number of rotatable bonds is 7. The van der Waals surface area contributed by atoms with Gasteiger partial charge in [0.15, 0.2) is 5.13 Å². The van der Waals surface area contributed by atoms with Gasteiger partial charge in [0.25, 0.3) is 0 Å². The minimum atomic E-state index is -0.0274. The molecule has 2 unspecified atom stereocenters. The first-order chi connectivity index (χ1) is 17.7. The fourth-order valence-electron chi connectivity index (χ4n) is 6.11. The maximum absolute atomic E-state index is 13.3. The first kappa shape index (κ1) is 23.6. The van der Waals surface area contributed by atoms with Crippen LogP contribution >= 0.6 is 11.3 Å². The van der Waals surface area contributed by atoms with Gasteiger partial charge in [-0.25, -0.2) is 9.97 Å². The highest BCUT2D eigenvalue weighted by Gasteiger charge is 2.41. The van der Waals surface area contributed by atoms with E-state index >= 15 is 0 Å².